The lowest BCUT2D eigenvalue weighted by Crippen LogP contribution is -2.54. The van der Waals surface area contributed by atoms with Crippen molar-refractivity contribution in [1.29, 1.82) is 5.26 Å². The first-order valence-electron chi connectivity index (χ1n) is 7.26. The van der Waals surface area contributed by atoms with Crippen molar-refractivity contribution in [2.75, 3.05) is 13.2 Å². The molecule has 3 rings (SSSR count). The quantitative estimate of drug-likeness (QED) is 0.836. The number of sulfonamides is 1. The summed E-state index contributed by atoms with van der Waals surface area (Å²) in [5.74, 6) is 0. The number of nitriles is 1. The third kappa shape index (κ3) is 2.69. The van der Waals surface area contributed by atoms with Gasteiger partial charge in [0.25, 0.3) is 0 Å². The molecule has 1 heterocycles. The molecule has 1 aliphatic heterocycles. The van der Waals surface area contributed by atoms with E-state index in [0.29, 0.717) is 18.7 Å². The molecule has 0 aromatic heterocycles. The molecule has 0 unspecified atom stereocenters. The normalized spacial score (nSPS) is 26.8. The van der Waals surface area contributed by atoms with Crippen molar-refractivity contribution < 1.29 is 13.2 Å². The van der Waals surface area contributed by atoms with E-state index in [1.807, 2.05) is 6.07 Å². The summed E-state index contributed by atoms with van der Waals surface area (Å²) in [5, 5.41) is 8.81. The van der Waals surface area contributed by atoms with Crippen LogP contribution in [-0.4, -0.2) is 38.0 Å². The molecule has 0 radical (unpaired) electrons. The van der Waals surface area contributed by atoms with Crippen molar-refractivity contribution >= 4 is 10.0 Å². The molecule has 5 nitrogen and oxygen atoms in total. The van der Waals surface area contributed by atoms with Gasteiger partial charge in [0.2, 0.25) is 10.0 Å². The fourth-order valence-corrected chi connectivity index (χ4v) is 4.86. The summed E-state index contributed by atoms with van der Waals surface area (Å²) < 4.78 is 33.0. The molecule has 1 saturated carbocycles. The summed E-state index contributed by atoms with van der Waals surface area (Å²) in [6.07, 6.45) is 3.97. The summed E-state index contributed by atoms with van der Waals surface area (Å²) in [5.41, 5.74) is 0.464. The van der Waals surface area contributed by atoms with E-state index in [1.54, 1.807) is 16.4 Å². The second kappa shape index (κ2) is 5.76. The lowest BCUT2D eigenvalue weighted by molar-refractivity contribution is -0.0586. The Kier molecular flexibility index (Phi) is 3.98. The Morgan fingerprint density at radius 1 is 1.19 bits per heavy atom. The van der Waals surface area contributed by atoms with Gasteiger partial charge in [-0.3, -0.25) is 0 Å². The molecule has 1 aromatic rings. The Morgan fingerprint density at radius 3 is 2.62 bits per heavy atom. The maximum atomic E-state index is 12.8. The van der Waals surface area contributed by atoms with Crippen molar-refractivity contribution in [3.8, 4) is 6.07 Å². The summed E-state index contributed by atoms with van der Waals surface area (Å²) >= 11 is 0. The van der Waals surface area contributed by atoms with Crippen molar-refractivity contribution in [3.63, 3.8) is 0 Å². The van der Waals surface area contributed by atoms with Crippen LogP contribution in [0.4, 0.5) is 0 Å². The van der Waals surface area contributed by atoms with Gasteiger partial charge in [-0.05, 0) is 37.1 Å². The van der Waals surface area contributed by atoms with Gasteiger partial charge in [-0.2, -0.15) is 9.57 Å². The van der Waals surface area contributed by atoms with Crippen LogP contribution in [0, 0.1) is 11.3 Å². The minimum Gasteiger partial charge on any atom is -0.375 e. The fraction of sp³-hybridized carbons (Fsp3) is 0.533. The van der Waals surface area contributed by atoms with Crippen molar-refractivity contribution in [2.24, 2.45) is 0 Å². The number of benzene rings is 1. The van der Waals surface area contributed by atoms with Crippen LogP contribution >= 0.6 is 0 Å². The molecule has 2 fully saturated rings. The van der Waals surface area contributed by atoms with E-state index in [-0.39, 0.29) is 17.0 Å². The number of rotatable bonds is 2. The van der Waals surface area contributed by atoms with Gasteiger partial charge in [0.05, 0.1) is 35.3 Å². The van der Waals surface area contributed by atoms with Gasteiger partial charge in [-0.15, -0.1) is 0 Å². The van der Waals surface area contributed by atoms with Crippen LogP contribution in [0.25, 0.3) is 0 Å². The molecule has 0 bridgehead atoms. The van der Waals surface area contributed by atoms with Crippen LogP contribution in [0.15, 0.2) is 29.2 Å². The van der Waals surface area contributed by atoms with Gasteiger partial charge in [0, 0.05) is 6.54 Å². The van der Waals surface area contributed by atoms with E-state index in [4.69, 9.17) is 10.00 Å². The Balaban J connectivity index is 1.90. The Labute approximate surface area is 125 Å². The van der Waals surface area contributed by atoms with E-state index in [1.165, 1.54) is 12.1 Å². The van der Waals surface area contributed by atoms with Crippen LogP contribution in [0.1, 0.15) is 31.2 Å². The first-order chi connectivity index (χ1) is 10.1. The fourth-order valence-electron chi connectivity index (χ4n) is 3.20. The third-order valence-corrected chi connectivity index (χ3v) is 6.21. The Hall–Kier alpha value is -1.42. The van der Waals surface area contributed by atoms with Crippen LogP contribution in [0.2, 0.25) is 0 Å². The SMILES string of the molecule is N#Cc1ccc(S(=O)(=O)N2CCO[C@@H]3CCCC[C@@H]32)cc1. The zero-order valence-electron chi connectivity index (χ0n) is 11.7. The standard InChI is InChI=1S/C15H18N2O3S/c16-11-12-5-7-13(8-6-12)21(18,19)17-9-10-20-15-4-2-1-3-14(15)17/h5-8,14-15H,1-4,9-10H2/t14-,15+/m0/s1. The molecule has 0 N–H and O–H groups in total. The molecular weight excluding hydrogens is 288 g/mol. The zero-order chi connectivity index (χ0) is 14.9. The molecule has 0 spiro atoms. The lowest BCUT2D eigenvalue weighted by Gasteiger charge is -2.42. The van der Waals surface area contributed by atoms with Crippen molar-refractivity contribution in [1.82, 2.24) is 4.31 Å². The maximum absolute atomic E-state index is 12.8. The lowest BCUT2D eigenvalue weighted by atomic mass is 9.91. The molecule has 1 aromatic carbocycles. The number of ether oxygens (including phenoxy) is 1. The van der Waals surface area contributed by atoms with Crippen molar-refractivity contribution in [3.05, 3.63) is 29.8 Å². The maximum Gasteiger partial charge on any atom is 0.243 e. The van der Waals surface area contributed by atoms with Crippen LogP contribution < -0.4 is 0 Å². The predicted molar refractivity (Wildman–Crippen MR) is 77.0 cm³/mol. The molecule has 112 valence electrons. The third-order valence-electron chi connectivity index (χ3n) is 4.27. The molecule has 21 heavy (non-hydrogen) atoms. The Bertz CT molecular complexity index is 646. The first-order valence-corrected chi connectivity index (χ1v) is 8.70. The summed E-state index contributed by atoms with van der Waals surface area (Å²) in [7, 11) is -3.51. The van der Waals surface area contributed by atoms with Crippen LogP contribution in [0.3, 0.4) is 0 Å². The minimum absolute atomic E-state index is 0.0284. The molecule has 1 saturated heterocycles. The average Bonchev–Trinajstić information content (AvgIpc) is 2.54. The second-order valence-corrected chi connectivity index (χ2v) is 7.40. The van der Waals surface area contributed by atoms with Crippen molar-refractivity contribution in [2.45, 2.75) is 42.7 Å². The van der Waals surface area contributed by atoms with Gasteiger partial charge in [-0.25, -0.2) is 8.42 Å². The smallest absolute Gasteiger partial charge is 0.243 e. The summed E-state index contributed by atoms with van der Waals surface area (Å²) in [6.45, 7) is 0.861. The number of fused-ring (bicyclic) bond motifs is 1. The monoisotopic (exact) mass is 306 g/mol. The second-order valence-electron chi connectivity index (χ2n) is 5.51. The van der Waals surface area contributed by atoms with Gasteiger partial charge >= 0.3 is 0 Å². The molecule has 2 atom stereocenters. The number of nitrogens with zero attached hydrogens (tertiary/aromatic N) is 2. The average molecular weight is 306 g/mol. The first kappa shape index (κ1) is 14.5. The van der Waals surface area contributed by atoms with E-state index >= 15 is 0 Å². The molecule has 6 heteroatoms. The van der Waals surface area contributed by atoms with Crippen LogP contribution in [-0.2, 0) is 14.8 Å². The van der Waals surface area contributed by atoms with Gasteiger partial charge in [0.1, 0.15) is 0 Å². The number of morpholine rings is 1. The predicted octanol–water partition coefficient (Wildman–Crippen LogP) is 1.89. The summed E-state index contributed by atoms with van der Waals surface area (Å²) in [6, 6.07) is 8.08. The number of hydrogen-bond acceptors (Lipinski definition) is 4. The van der Waals surface area contributed by atoms with Gasteiger partial charge in [-0.1, -0.05) is 12.8 Å². The highest BCUT2D eigenvalue weighted by Crippen LogP contribution is 2.32. The van der Waals surface area contributed by atoms with E-state index < -0.39 is 10.0 Å². The Morgan fingerprint density at radius 2 is 1.90 bits per heavy atom. The van der Waals surface area contributed by atoms with Gasteiger partial charge < -0.3 is 4.74 Å². The summed E-state index contributed by atoms with van der Waals surface area (Å²) in [4.78, 5) is 0.257. The number of hydrogen-bond donors (Lipinski definition) is 0. The topological polar surface area (TPSA) is 70.4 Å². The highest BCUT2D eigenvalue weighted by atomic mass is 32.2. The van der Waals surface area contributed by atoms with E-state index in [2.05, 4.69) is 0 Å². The van der Waals surface area contributed by atoms with Crippen LogP contribution in [0.5, 0.6) is 0 Å². The van der Waals surface area contributed by atoms with Gasteiger partial charge in [0.15, 0.2) is 0 Å². The highest BCUT2D eigenvalue weighted by molar-refractivity contribution is 7.89. The minimum atomic E-state index is -3.51. The molecule has 2 aliphatic rings. The largest absolute Gasteiger partial charge is 0.375 e. The van der Waals surface area contributed by atoms with E-state index in [9.17, 15) is 8.42 Å². The molecule has 1 aliphatic carbocycles. The van der Waals surface area contributed by atoms with E-state index in [0.717, 1.165) is 25.7 Å². The zero-order valence-corrected chi connectivity index (χ0v) is 12.6. The molecular formula is C15H18N2O3S. The highest BCUT2D eigenvalue weighted by Gasteiger charge is 2.40. The molecule has 0 amide bonds.